The lowest BCUT2D eigenvalue weighted by Gasteiger charge is -2.21. The van der Waals surface area contributed by atoms with Crippen molar-refractivity contribution in [2.45, 2.75) is 19.9 Å². The third kappa shape index (κ3) is 4.06. The predicted molar refractivity (Wildman–Crippen MR) is 103 cm³/mol. The second-order valence-electron chi connectivity index (χ2n) is 6.47. The van der Waals surface area contributed by atoms with Gasteiger partial charge in [0.15, 0.2) is 0 Å². The lowest BCUT2D eigenvalue weighted by molar-refractivity contribution is -0.118. The molecule has 1 heterocycles. The van der Waals surface area contributed by atoms with Gasteiger partial charge in [-0.2, -0.15) is 0 Å². The molecule has 2 amide bonds. The summed E-state index contributed by atoms with van der Waals surface area (Å²) in [6, 6.07) is 17.8. The second kappa shape index (κ2) is 7.78. The number of nitrogens with one attached hydrogen (secondary N) is 2. The van der Waals surface area contributed by atoms with E-state index in [-0.39, 0.29) is 17.7 Å². The van der Waals surface area contributed by atoms with E-state index in [2.05, 4.69) is 15.6 Å². The van der Waals surface area contributed by atoms with Crippen LogP contribution in [0.15, 0.2) is 66.9 Å². The highest BCUT2D eigenvalue weighted by molar-refractivity contribution is 6.01. The Bertz CT molecular complexity index is 923. The van der Waals surface area contributed by atoms with Crippen LogP contribution in [0.25, 0.3) is 10.9 Å². The summed E-state index contributed by atoms with van der Waals surface area (Å²) >= 11 is 0. The molecule has 5 nitrogen and oxygen atoms in total. The van der Waals surface area contributed by atoms with Crippen LogP contribution in [0.2, 0.25) is 0 Å². The van der Waals surface area contributed by atoms with Crippen LogP contribution in [0.4, 0.5) is 5.69 Å². The number of fused-ring (bicyclic) bond motifs is 1. The van der Waals surface area contributed by atoms with Gasteiger partial charge in [0.25, 0.3) is 5.91 Å². The number of aromatic nitrogens is 1. The maximum Gasteiger partial charge on any atom is 0.251 e. The molecule has 5 heteroatoms. The Balaban J connectivity index is 1.74. The predicted octanol–water partition coefficient (Wildman–Crippen LogP) is 3.63. The molecule has 2 N–H and O–H groups in total. The number of para-hydroxylation sites is 1. The SMILES string of the molecule is CC(C)C(NC(=O)c1ccccc1)C(=O)Nc1cnc2ccccc2c1. The van der Waals surface area contributed by atoms with Crippen molar-refractivity contribution in [3.05, 3.63) is 72.4 Å². The summed E-state index contributed by atoms with van der Waals surface area (Å²) in [5.74, 6) is -0.589. The normalized spacial score (nSPS) is 12.0. The van der Waals surface area contributed by atoms with E-state index in [1.54, 1.807) is 30.5 Å². The van der Waals surface area contributed by atoms with Crippen LogP contribution in [0.1, 0.15) is 24.2 Å². The third-order valence-electron chi connectivity index (χ3n) is 4.13. The molecule has 0 fully saturated rings. The minimum atomic E-state index is -0.644. The summed E-state index contributed by atoms with van der Waals surface area (Å²) in [7, 11) is 0. The largest absolute Gasteiger partial charge is 0.340 e. The molecule has 3 aromatic rings. The van der Waals surface area contributed by atoms with Crippen LogP contribution in [-0.4, -0.2) is 22.8 Å². The maximum absolute atomic E-state index is 12.7. The van der Waals surface area contributed by atoms with E-state index in [1.807, 2.05) is 50.2 Å². The molecule has 1 aromatic heterocycles. The number of amides is 2. The number of nitrogens with zero attached hydrogens (tertiary/aromatic N) is 1. The van der Waals surface area contributed by atoms with Gasteiger partial charge in [0.1, 0.15) is 6.04 Å². The summed E-state index contributed by atoms with van der Waals surface area (Å²) in [5.41, 5.74) is 2.00. The molecule has 0 aliphatic rings. The van der Waals surface area contributed by atoms with Crippen LogP contribution in [0.5, 0.6) is 0 Å². The highest BCUT2D eigenvalue weighted by atomic mass is 16.2. The topological polar surface area (TPSA) is 71.1 Å². The molecule has 0 aliphatic heterocycles. The van der Waals surface area contributed by atoms with Crippen LogP contribution in [0, 0.1) is 5.92 Å². The highest BCUT2D eigenvalue weighted by Gasteiger charge is 2.24. The molecular weight excluding hydrogens is 326 g/mol. The van der Waals surface area contributed by atoms with Crippen molar-refractivity contribution in [2.24, 2.45) is 5.92 Å². The molecule has 0 bridgehead atoms. The fraction of sp³-hybridized carbons (Fsp3) is 0.190. The highest BCUT2D eigenvalue weighted by Crippen LogP contribution is 2.17. The first-order valence-corrected chi connectivity index (χ1v) is 8.56. The smallest absolute Gasteiger partial charge is 0.251 e. The van der Waals surface area contributed by atoms with E-state index < -0.39 is 6.04 Å². The summed E-state index contributed by atoms with van der Waals surface area (Å²) in [6.45, 7) is 3.79. The van der Waals surface area contributed by atoms with Crippen molar-refractivity contribution in [3.8, 4) is 0 Å². The van der Waals surface area contributed by atoms with Crippen molar-refractivity contribution in [1.29, 1.82) is 0 Å². The van der Waals surface area contributed by atoms with E-state index in [0.717, 1.165) is 10.9 Å². The zero-order chi connectivity index (χ0) is 18.5. The molecule has 26 heavy (non-hydrogen) atoms. The van der Waals surface area contributed by atoms with Crippen LogP contribution < -0.4 is 10.6 Å². The minimum Gasteiger partial charge on any atom is -0.340 e. The second-order valence-corrected chi connectivity index (χ2v) is 6.47. The van der Waals surface area contributed by atoms with Crippen molar-refractivity contribution < 1.29 is 9.59 Å². The Hall–Kier alpha value is -3.21. The van der Waals surface area contributed by atoms with E-state index >= 15 is 0 Å². The monoisotopic (exact) mass is 347 g/mol. The lowest BCUT2D eigenvalue weighted by atomic mass is 10.0. The van der Waals surface area contributed by atoms with E-state index in [9.17, 15) is 9.59 Å². The molecule has 132 valence electrons. The van der Waals surface area contributed by atoms with Gasteiger partial charge in [-0.05, 0) is 30.2 Å². The number of carbonyl (C=O) groups is 2. The fourth-order valence-corrected chi connectivity index (χ4v) is 2.71. The number of hydrogen-bond donors (Lipinski definition) is 2. The Morgan fingerprint density at radius 1 is 0.962 bits per heavy atom. The number of anilines is 1. The van der Waals surface area contributed by atoms with Gasteiger partial charge in [0, 0.05) is 10.9 Å². The number of carbonyl (C=O) groups excluding carboxylic acids is 2. The molecular formula is C21H21N3O2. The summed E-state index contributed by atoms with van der Waals surface area (Å²) < 4.78 is 0. The van der Waals surface area contributed by atoms with Gasteiger partial charge in [-0.25, -0.2) is 0 Å². The first-order chi connectivity index (χ1) is 12.5. The average molecular weight is 347 g/mol. The molecule has 0 aliphatic carbocycles. The van der Waals surface area contributed by atoms with Gasteiger partial charge in [0.05, 0.1) is 17.4 Å². The Morgan fingerprint density at radius 2 is 1.65 bits per heavy atom. The lowest BCUT2D eigenvalue weighted by Crippen LogP contribution is -2.47. The van der Waals surface area contributed by atoms with Gasteiger partial charge in [-0.3, -0.25) is 14.6 Å². The minimum absolute atomic E-state index is 0.0592. The Kier molecular flexibility index (Phi) is 5.27. The first-order valence-electron chi connectivity index (χ1n) is 8.56. The van der Waals surface area contributed by atoms with E-state index in [1.165, 1.54) is 0 Å². The van der Waals surface area contributed by atoms with Crippen LogP contribution in [-0.2, 0) is 4.79 Å². The number of benzene rings is 2. The molecule has 0 saturated carbocycles. The van der Waals surface area contributed by atoms with Crippen LogP contribution in [0.3, 0.4) is 0 Å². The fourth-order valence-electron chi connectivity index (χ4n) is 2.71. The molecule has 0 saturated heterocycles. The summed E-state index contributed by atoms with van der Waals surface area (Å²) in [5, 5.41) is 6.62. The van der Waals surface area contributed by atoms with Crippen molar-refractivity contribution >= 4 is 28.4 Å². The third-order valence-corrected chi connectivity index (χ3v) is 4.13. The van der Waals surface area contributed by atoms with E-state index in [0.29, 0.717) is 11.3 Å². The standard InChI is InChI=1S/C21H21N3O2/c1-14(2)19(24-20(25)15-8-4-3-5-9-15)21(26)23-17-12-16-10-6-7-11-18(16)22-13-17/h3-14,19H,1-2H3,(H,23,26)(H,24,25). The first kappa shape index (κ1) is 17.6. The molecule has 0 spiro atoms. The number of rotatable bonds is 5. The molecule has 2 aromatic carbocycles. The van der Waals surface area contributed by atoms with Crippen molar-refractivity contribution in [2.75, 3.05) is 5.32 Å². The van der Waals surface area contributed by atoms with Gasteiger partial charge in [-0.1, -0.05) is 50.2 Å². The molecule has 1 atom stereocenters. The number of pyridine rings is 1. The van der Waals surface area contributed by atoms with Gasteiger partial charge in [-0.15, -0.1) is 0 Å². The van der Waals surface area contributed by atoms with E-state index in [4.69, 9.17) is 0 Å². The summed E-state index contributed by atoms with van der Waals surface area (Å²) in [4.78, 5) is 29.4. The van der Waals surface area contributed by atoms with Crippen molar-refractivity contribution in [3.63, 3.8) is 0 Å². The van der Waals surface area contributed by atoms with Gasteiger partial charge < -0.3 is 10.6 Å². The van der Waals surface area contributed by atoms with Crippen molar-refractivity contribution in [1.82, 2.24) is 10.3 Å². The molecule has 3 rings (SSSR count). The Labute approximate surface area is 152 Å². The average Bonchev–Trinajstić information content (AvgIpc) is 2.66. The van der Waals surface area contributed by atoms with Gasteiger partial charge in [0.2, 0.25) is 5.91 Å². The summed E-state index contributed by atoms with van der Waals surface area (Å²) in [6.07, 6.45) is 1.62. The number of hydrogen-bond acceptors (Lipinski definition) is 3. The zero-order valence-corrected chi connectivity index (χ0v) is 14.8. The van der Waals surface area contributed by atoms with Crippen LogP contribution >= 0.6 is 0 Å². The quantitative estimate of drug-likeness (QED) is 0.740. The van der Waals surface area contributed by atoms with Gasteiger partial charge >= 0.3 is 0 Å². The molecule has 0 radical (unpaired) electrons. The maximum atomic E-state index is 12.7. The zero-order valence-electron chi connectivity index (χ0n) is 14.8. The molecule has 1 unspecified atom stereocenters. The Morgan fingerprint density at radius 3 is 2.38 bits per heavy atom.